The molecule has 2 rings (SSSR count). The molecule has 1 amide bonds. The van der Waals surface area contributed by atoms with Gasteiger partial charge in [-0.3, -0.25) is 9.48 Å². The Balaban J connectivity index is 1.91. The molecule has 6 heteroatoms. The maximum absolute atomic E-state index is 12.2. The van der Waals surface area contributed by atoms with Crippen molar-refractivity contribution in [2.24, 2.45) is 5.92 Å². The van der Waals surface area contributed by atoms with Gasteiger partial charge >= 0.3 is 0 Å². The lowest BCUT2D eigenvalue weighted by Gasteiger charge is -2.33. The van der Waals surface area contributed by atoms with Crippen molar-refractivity contribution in [3.05, 3.63) is 18.0 Å². The van der Waals surface area contributed by atoms with Crippen molar-refractivity contribution in [2.45, 2.75) is 32.2 Å². The minimum atomic E-state index is -0.0773. The molecule has 0 aliphatic carbocycles. The molecule has 1 aliphatic heterocycles. The molecule has 1 atom stereocenters. The number of likely N-dealkylation sites (tertiary alicyclic amines) is 1. The average molecular weight is 295 g/mol. The second-order valence-electron chi connectivity index (χ2n) is 5.66. The molecule has 1 saturated heterocycles. The molecule has 0 aromatic carbocycles. The number of carbonyl (C=O) groups is 1. The van der Waals surface area contributed by atoms with Gasteiger partial charge in [0, 0.05) is 38.0 Å². The van der Waals surface area contributed by atoms with E-state index in [0.717, 1.165) is 25.9 Å². The van der Waals surface area contributed by atoms with Gasteiger partial charge in [0.05, 0.1) is 25.7 Å². The molecule has 21 heavy (non-hydrogen) atoms. The van der Waals surface area contributed by atoms with Crippen LogP contribution in [0.1, 0.15) is 31.4 Å². The fourth-order valence-corrected chi connectivity index (χ4v) is 3.00. The van der Waals surface area contributed by atoms with E-state index in [0.29, 0.717) is 19.1 Å². The normalized spacial score (nSPS) is 18.0. The standard InChI is InChI=1S/C15H25N3O3/c1-12(11-21-2)15(20)17-7-4-13(5-8-17)14-3-6-16-18(14)9-10-19/h3,6,12-13,19H,4-5,7-11H2,1-2H3. The topological polar surface area (TPSA) is 67.6 Å². The molecule has 6 nitrogen and oxygen atoms in total. The van der Waals surface area contributed by atoms with Crippen molar-refractivity contribution in [2.75, 3.05) is 33.4 Å². The van der Waals surface area contributed by atoms with Gasteiger partial charge in [-0.05, 0) is 18.9 Å². The number of rotatable bonds is 6. The molecule has 0 radical (unpaired) electrons. The Labute approximate surface area is 125 Å². The molecule has 0 saturated carbocycles. The monoisotopic (exact) mass is 295 g/mol. The van der Waals surface area contributed by atoms with Gasteiger partial charge in [-0.15, -0.1) is 0 Å². The smallest absolute Gasteiger partial charge is 0.227 e. The zero-order valence-corrected chi connectivity index (χ0v) is 12.9. The summed E-state index contributed by atoms with van der Waals surface area (Å²) in [6.07, 6.45) is 3.67. The summed E-state index contributed by atoms with van der Waals surface area (Å²) in [6, 6.07) is 2.02. The Morgan fingerprint density at radius 3 is 2.86 bits per heavy atom. The maximum atomic E-state index is 12.2. The molecule has 1 N–H and O–H groups in total. The van der Waals surface area contributed by atoms with Crippen molar-refractivity contribution < 1.29 is 14.6 Å². The van der Waals surface area contributed by atoms with Gasteiger partial charge in [0.2, 0.25) is 5.91 Å². The summed E-state index contributed by atoms with van der Waals surface area (Å²) in [5.41, 5.74) is 1.17. The van der Waals surface area contributed by atoms with Crippen molar-refractivity contribution >= 4 is 5.91 Å². The van der Waals surface area contributed by atoms with E-state index in [-0.39, 0.29) is 18.4 Å². The van der Waals surface area contributed by atoms with Crippen LogP contribution in [0.2, 0.25) is 0 Å². The highest BCUT2D eigenvalue weighted by Gasteiger charge is 2.27. The van der Waals surface area contributed by atoms with Crippen molar-refractivity contribution in [1.82, 2.24) is 14.7 Å². The Morgan fingerprint density at radius 2 is 2.24 bits per heavy atom. The van der Waals surface area contributed by atoms with E-state index in [4.69, 9.17) is 9.84 Å². The number of aliphatic hydroxyl groups excluding tert-OH is 1. The van der Waals surface area contributed by atoms with Crippen LogP contribution in [-0.4, -0.2) is 59.1 Å². The summed E-state index contributed by atoms with van der Waals surface area (Å²) >= 11 is 0. The van der Waals surface area contributed by atoms with Gasteiger partial charge < -0.3 is 14.7 Å². The van der Waals surface area contributed by atoms with E-state index in [1.165, 1.54) is 5.69 Å². The molecule has 1 aromatic heterocycles. The Bertz CT molecular complexity index is 453. The van der Waals surface area contributed by atoms with Crippen LogP contribution in [0.5, 0.6) is 0 Å². The van der Waals surface area contributed by atoms with Gasteiger partial charge in [0.1, 0.15) is 0 Å². The Hall–Kier alpha value is -1.40. The third-order valence-electron chi connectivity index (χ3n) is 4.12. The molecule has 1 aromatic rings. The summed E-state index contributed by atoms with van der Waals surface area (Å²) < 4.78 is 6.93. The van der Waals surface area contributed by atoms with Crippen LogP contribution in [0.15, 0.2) is 12.3 Å². The van der Waals surface area contributed by atoms with E-state index in [1.54, 1.807) is 13.3 Å². The summed E-state index contributed by atoms with van der Waals surface area (Å²) in [4.78, 5) is 14.2. The van der Waals surface area contributed by atoms with Crippen molar-refractivity contribution in [3.63, 3.8) is 0 Å². The molecule has 1 fully saturated rings. The summed E-state index contributed by atoms with van der Waals surface area (Å²) in [5, 5.41) is 13.3. The first-order chi connectivity index (χ1) is 10.2. The largest absolute Gasteiger partial charge is 0.394 e. The summed E-state index contributed by atoms with van der Waals surface area (Å²) in [6.45, 7) is 4.58. The number of methoxy groups -OCH3 is 1. The highest BCUT2D eigenvalue weighted by molar-refractivity contribution is 5.78. The van der Waals surface area contributed by atoms with Gasteiger partial charge in [-0.2, -0.15) is 5.10 Å². The van der Waals surface area contributed by atoms with E-state index in [9.17, 15) is 4.79 Å². The SMILES string of the molecule is COCC(C)C(=O)N1CCC(c2ccnn2CCO)CC1. The lowest BCUT2D eigenvalue weighted by Crippen LogP contribution is -2.42. The molecule has 118 valence electrons. The van der Waals surface area contributed by atoms with Gasteiger partial charge in [0.15, 0.2) is 0 Å². The summed E-state index contributed by atoms with van der Waals surface area (Å²) in [5.74, 6) is 0.520. The quantitative estimate of drug-likeness (QED) is 0.845. The van der Waals surface area contributed by atoms with Crippen LogP contribution in [0.25, 0.3) is 0 Å². The molecule has 0 spiro atoms. The second kappa shape index (κ2) is 7.56. The predicted octanol–water partition coefficient (Wildman–Crippen LogP) is 0.864. The molecule has 1 unspecified atom stereocenters. The fourth-order valence-electron chi connectivity index (χ4n) is 3.00. The van der Waals surface area contributed by atoms with E-state index < -0.39 is 0 Å². The number of hydrogen-bond donors (Lipinski definition) is 1. The van der Waals surface area contributed by atoms with E-state index in [2.05, 4.69) is 5.10 Å². The molecular weight excluding hydrogens is 270 g/mol. The predicted molar refractivity (Wildman–Crippen MR) is 78.9 cm³/mol. The minimum Gasteiger partial charge on any atom is -0.394 e. The van der Waals surface area contributed by atoms with Gasteiger partial charge in [-0.1, -0.05) is 6.92 Å². The lowest BCUT2D eigenvalue weighted by atomic mass is 9.92. The van der Waals surface area contributed by atoms with Gasteiger partial charge in [0.25, 0.3) is 0 Å². The van der Waals surface area contributed by atoms with Gasteiger partial charge in [-0.25, -0.2) is 0 Å². The van der Waals surface area contributed by atoms with Crippen LogP contribution in [0, 0.1) is 5.92 Å². The maximum Gasteiger partial charge on any atom is 0.227 e. The van der Waals surface area contributed by atoms with Crippen LogP contribution in [0.3, 0.4) is 0 Å². The van der Waals surface area contributed by atoms with Crippen LogP contribution < -0.4 is 0 Å². The number of hydrogen-bond acceptors (Lipinski definition) is 4. The van der Waals surface area contributed by atoms with E-state index >= 15 is 0 Å². The zero-order chi connectivity index (χ0) is 15.2. The number of carbonyl (C=O) groups excluding carboxylic acids is 1. The minimum absolute atomic E-state index is 0.0773. The Morgan fingerprint density at radius 1 is 1.52 bits per heavy atom. The number of nitrogens with zero attached hydrogens (tertiary/aromatic N) is 3. The molecule has 1 aliphatic rings. The second-order valence-corrected chi connectivity index (χ2v) is 5.66. The highest BCUT2D eigenvalue weighted by Crippen LogP contribution is 2.28. The number of ether oxygens (including phenoxy) is 1. The van der Waals surface area contributed by atoms with Crippen molar-refractivity contribution in [1.29, 1.82) is 0 Å². The highest BCUT2D eigenvalue weighted by atomic mass is 16.5. The van der Waals surface area contributed by atoms with Crippen LogP contribution in [-0.2, 0) is 16.1 Å². The van der Waals surface area contributed by atoms with E-state index in [1.807, 2.05) is 22.6 Å². The molecular formula is C15H25N3O3. The Kier molecular flexibility index (Phi) is 5.76. The first-order valence-corrected chi connectivity index (χ1v) is 7.57. The van der Waals surface area contributed by atoms with Crippen LogP contribution in [0.4, 0.5) is 0 Å². The lowest BCUT2D eigenvalue weighted by molar-refractivity contribution is -0.137. The number of piperidine rings is 1. The zero-order valence-electron chi connectivity index (χ0n) is 12.9. The first kappa shape index (κ1) is 16.0. The molecule has 0 bridgehead atoms. The summed E-state index contributed by atoms with van der Waals surface area (Å²) in [7, 11) is 1.62. The fraction of sp³-hybridized carbons (Fsp3) is 0.733. The number of aromatic nitrogens is 2. The number of aliphatic hydroxyl groups is 1. The third kappa shape index (κ3) is 3.83. The van der Waals surface area contributed by atoms with Crippen molar-refractivity contribution in [3.8, 4) is 0 Å². The van der Waals surface area contributed by atoms with Crippen LogP contribution >= 0.6 is 0 Å². The first-order valence-electron chi connectivity index (χ1n) is 7.57. The third-order valence-corrected chi connectivity index (χ3v) is 4.12. The average Bonchev–Trinajstić information content (AvgIpc) is 2.95. The molecule has 2 heterocycles. The number of amides is 1.